The summed E-state index contributed by atoms with van der Waals surface area (Å²) < 4.78 is 18.0. The minimum atomic E-state index is -0.936. The van der Waals surface area contributed by atoms with Gasteiger partial charge in [-0.3, -0.25) is 0 Å². The van der Waals surface area contributed by atoms with E-state index in [4.69, 9.17) is 9.84 Å². The van der Waals surface area contributed by atoms with Crippen molar-refractivity contribution in [1.82, 2.24) is 4.90 Å². The van der Waals surface area contributed by atoms with Crippen LogP contribution in [0.2, 0.25) is 0 Å². The van der Waals surface area contributed by atoms with Gasteiger partial charge in [0, 0.05) is 0 Å². The predicted octanol–water partition coefficient (Wildman–Crippen LogP) is 1.57. The molecule has 1 aromatic rings. The van der Waals surface area contributed by atoms with Gasteiger partial charge in [0.15, 0.2) is 0 Å². The fraction of sp³-hybridized carbons (Fsp3) is 0.300. The van der Waals surface area contributed by atoms with E-state index in [9.17, 15) is 9.18 Å². The number of carbonyl (C=O) groups is 1. The quantitative estimate of drug-likeness (QED) is 0.807. The number of likely N-dealkylation sites (tertiary alicyclic amines) is 1. The largest absolute Gasteiger partial charge is 0.487 e. The van der Waals surface area contributed by atoms with Crippen molar-refractivity contribution in [1.29, 1.82) is 0 Å². The molecule has 1 aliphatic rings. The van der Waals surface area contributed by atoms with E-state index in [2.05, 4.69) is 0 Å². The zero-order chi connectivity index (χ0) is 10.8. The van der Waals surface area contributed by atoms with Crippen LogP contribution >= 0.6 is 0 Å². The standard InChI is InChI=1S/C10H10FNO3/c11-7-1-3-8(4-2-7)15-9-5-12(6-9)10(13)14/h1-4,9H,5-6H2,(H,13,14). The third-order valence-corrected chi connectivity index (χ3v) is 2.23. The minimum Gasteiger partial charge on any atom is -0.487 e. The molecule has 0 saturated carbocycles. The van der Waals surface area contributed by atoms with Crippen LogP contribution < -0.4 is 4.74 Å². The van der Waals surface area contributed by atoms with Crippen LogP contribution in [0.4, 0.5) is 9.18 Å². The molecule has 0 bridgehead atoms. The zero-order valence-corrected chi connectivity index (χ0v) is 7.89. The summed E-state index contributed by atoms with van der Waals surface area (Å²) in [6.45, 7) is 0.736. The lowest BCUT2D eigenvalue weighted by Gasteiger charge is -2.36. The van der Waals surface area contributed by atoms with E-state index in [1.807, 2.05) is 0 Å². The fourth-order valence-corrected chi connectivity index (χ4v) is 1.37. The SMILES string of the molecule is O=C(O)N1CC(Oc2ccc(F)cc2)C1. The molecular formula is C10H10FNO3. The van der Waals surface area contributed by atoms with Crippen molar-refractivity contribution in [3.8, 4) is 5.75 Å². The Morgan fingerprint density at radius 1 is 1.40 bits per heavy atom. The average molecular weight is 211 g/mol. The van der Waals surface area contributed by atoms with E-state index in [0.717, 1.165) is 0 Å². The number of hydrogen-bond acceptors (Lipinski definition) is 2. The van der Waals surface area contributed by atoms with Crippen molar-refractivity contribution in [3.05, 3.63) is 30.1 Å². The van der Waals surface area contributed by atoms with Crippen LogP contribution in [-0.2, 0) is 0 Å². The average Bonchev–Trinajstić information content (AvgIpc) is 2.13. The van der Waals surface area contributed by atoms with E-state index in [1.54, 1.807) is 0 Å². The van der Waals surface area contributed by atoms with E-state index in [1.165, 1.54) is 29.2 Å². The Bertz CT molecular complexity index is 359. The van der Waals surface area contributed by atoms with Crippen LogP contribution in [-0.4, -0.2) is 35.3 Å². The minimum absolute atomic E-state index is 0.119. The van der Waals surface area contributed by atoms with Crippen molar-refractivity contribution >= 4 is 6.09 Å². The smallest absolute Gasteiger partial charge is 0.407 e. The van der Waals surface area contributed by atoms with E-state index in [0.29, 0.717) is 18.8 Å². The lowest BCUT2D eigenvalue weighted by molar-refractivity contribution is 0.0252. The summed E-state index contributed by atoms with van der Waals surface area (Å²) in [7, 11) is 0. The van der Waals surface area contributed by atoms with Crippen molar-refractivity contribution < 1.29 is 19.0 Å². The fourth-order valence-electron chi connectivity index (χ4n) is 1.37. The molecule has 0 radical (unpaired) electrons. The lowest BCUT2D eigenvalue weighted by atomic mass is 10.2. The molecule has 0 spiro atoms. The van der Waals surface area contributed by atoms with E-state index >= 15 is 0 Å². The van der Waals surface area contributed by atoms with Crippen LogP contribution in [0, 0.1) is 5.82 Å². The van der Waals surface area contributed by atoms with Crippen LogP contribution in [0.1, 0.15) is 0 Å². The maximum Gasteiger partial charge on any atom is 0.407 e. The Labute approximate surface area is 85.9 Å². The molecule has 0 aromatic heterocycles. The van der Waals surface area contributed by atoms with Crippen molar-refractivity contribution in [2.45, 2.75) is 6.10 Å². The first-order valence-corrected chi connectivity index (χ1v) is 4.55. The van der Waals surface area contributed by atoms with Crippen molar-refractivity contribution in [2.24, 2.45) is 0 Å². The highest BCUT2D eigenvalue weighted by atomic mass is 19.1. The summed E-state index contributed by atoms with van der Waals surface area (Å²) in [5.74, 6) is 0.245. The highest BCUT2D eigenvalue weighted by molar-refractivity contribution is 5.66. The topological polar surface area (TPSA) is 49.8 Å². The molecule has 80 valence electrons. The number of benzene rings is 1. The monoisotopic (exact) mass is 211 g/mol. The number of hydrogen-bond donors (Lipinski definition) is 1. The van der Waals surface area contributed by atoms with Gasteiger partial charge in [0.2, 0.25) is 0 Å². The van der Waals surface area contributed by atoms with Crippen molar-refractivity contribution in [2.75, 3.05) is 13.1 Å². The molecule has 0 aliphatic carbocycles. The van der Waals surface area contributed by atoms with Crippen LogP contribution in [0.3, 0.4) is 0 Å². The predicted molar refractivity (Wildman–Crippen MR) is 50.4 cm³/mol. The van der Waals surface area contributed by atoms with Gasteiger partial charge in [0.25, 0.3) is 0 Å². The second kappa shape index (κ2) is 3.76. The maximum atomic E-state index is 12.5. The number of carboxylic acid groups (broad SMARTS) is 1. The summed E-state index contributed by atoms with van der Waals surface area (Å²) in [5.41, 5.74) is 0. The molecule has 1 N–H and O–H groups in total. The second-order valence-electron chi connectivity index (χ2n) is 3.38. The zero-order valence-electron chi connectivity index (χ0n) is 7.89. The normalized spacial score (nSPS) is 15.9. The summed E-state index contributed by atoms with van der Waals surface area (Å²) in [5, 5.41) is 8.57. The Morgan fingerprint density at radius 2 is 2.00 bits per heavy atom. The van der Waals surface area contributed by atoms with Gasteiger partial charge in [-0.1, -0.05) is 0 Å². The first-order valence-electron chi connectivity index (χ1n) is 4.55. The van der Waals surface area contributed by atoms with Crippen LogP contribution in [0.25, 0.3) is 0 Å². The Kier molecular flexibility index (Phi) is 2.45. The van der Waals surface area contributed by atoms with Crippen LogP contribution in [0.15, 0.2) is 24.3 Å². The van der Waals surface area contributed by atoms with E-state index < -0.39 is 6.09 Å². The second-order valence-corrected chi connectivity index (χ2v) is 3.38. The Morgan fingerprint density at radius 3 is 2.53 bits per heavy atom. The summed E-state index contributed by atoms with van der Waals surface area (Å²) in [6.07, 6.45) is -1.06. The van der Waals surface area contributed by atoms with Gasteiger partial charge >= 0.3 is 6.09 Å². The van der Waals surface area contributed by atoms with Gasteiger partial charge in [-0.05, 0) is 24.3 Å². The van der Waals surface area contributed by atoms with Crippen molar-refractivity contribution in [3.63, 3.8) is 0 Å². The number of rotatable bonds is 2. The first-order chi connectivity index (χ1) is 7.15. The molecule has 0 unspecified atom stereocenters. The van der Waals surface area contributed by atoms with Gasteiger partial charge in [-0.25, -0.2) is 9.18 Å². The Balaban J connectivity index is 1.85. The number of amides is 1. The van der Waals surface area contributed by atoms with Gasteiger partial charge in [0.05, 0.1) is 13.1 Å². The highest BCUT2D eigenvalue weighted by Gasteiger charge is 2.31. The Hall–Kier alpha value is -1.78. The van der Waals surface area contributed by atoms with Gasteiger partial charge in [-0.2, -0.15) is 0 Å². The molecule has 1 amide bonds. The number of ether oxygens (including phenoxy) is 1. The molecule has 1 fully saturated rings. The lowest BCUT2D eigenvalue weighted by Crippen LogP contribution is -2.55. The van der Waals surface area contributed by atoms with Gasteiger partial charge in [-0.15, -0.1) is 0 Å². The number of nitrogens with zero attached hydrogens (tertiary/aromatic N) is 1. The molecule has 2 rings (SSSR count). The molecule has 1 saturated heterocycles. The summed E-state index contributed by atoms with van der Waals surface area (Å²) in [6, 6.07) is 5.67. The molecule has 1 heterocycles. The molecule has 1 aliphatic heterocycles. The molecule has 0 atom stereocenters. The first kappa shape index (κ1) is 9.76. The van der Waals surface area contributed by atoms with E-state index in [-0.39, 0.29) is 11.9 Å². The van der Waals surface area contributed by atoms with Crippen LogP contribution in [0.5, 0.6) is 5.75 Å². The third kappa shape index (κ3) is 2.18. The molecule has 15 heavy (non-hydrogen) atoms. The molecule has 1 aromatic carbocycles. The molecule has 5 heteroatoms. The number of halogens is 1. The third-order valence-electron chi connectivity index (χ3n) is 2.23. The maximum absolute atomic E-state index is 12.5. The molecular weight excluding hydrogens is 201 g/mol. The van der Waals surface area contributed by atoms with Gasteiger partial charge in [0.1, 0.15) is 17.7 Å². The molecule has 4 nitrogen and oxygen atoms in total. The highest BCUT2D eigenvalue weighted by Crippen LogP contribution is 2.18. The van der Waals surface area contributed by atoms with Gasteiger partial charge < -0.3 is 14.7 Å². The summed E-state index contributed by atoms with van der Waals surface area (Å²) >= 11 is 0. The summed E-state index contributed by atoms with van der Waals surface area (Å²) in [4.78, 5) is 11.7.